The number of ether oxygens (including phenoxy) is 2. The van der Waals surface area contributed by atoms with Gasteiger partial charge >= 0.3 is 12.1 Å². The summed E-state index contributed by atoms with van der Waals surface area (Å²) < 4.78 is 41.5. The van der Waals surface area contributed by atoms with Crippen LogP contribution in [0.5, 0.6) is 5.75 Å². The highest BCUT2D eigenvalue weighted by Crippen LogP contribution is 2.53. The summed E-state index contributed by atoms with van der Waals surface area (Å²) in [4.78, 5) is 43.4. The van der Waals surface area contributed by atoms with Gasteiger partial charge in [0.25, 0.3) is 10.0 Å². The number of nitrogens with zero attached hydrogens (tertiary/aromatic N) is 2. The third-order valence-electron chi connectivity index (χ3n) is 11.9. The largest absolute Gasteiger partial charge is 0.487 e. The Balaban J connectivity index is 1.20. The fraction of sp³-hybridized carbons (Fsp3) is 0.524. The molecule has 2 amide bonds. The molecule has 0 fully saturated rings. The molecule has 2 aliphatic rings. The lowest BCUT2D eigenvalue weighted by Gasteiger charge is -2.50. The Morgan fingerprint density at radius 2 is 1.73 bits per heavy atom. The molecule has 0 saturated carbocycles. The Labute approximate surface area is 325 Å². The number of carbonyl (C=O) groups is 3. The number of unbranched alkanes of at least 4 members (excludes halogenated alkanes) is 1. The summed E-state index contributed by atoms with van der Waals surface area (Å²) in [6, 6.07) is 18.0. The molecule has 298 valence electrons. The van der Waals surface area contributed by atoms with Crippen LogP contribution < -0.4 is 19.7 Å². The van der Waals surface area contributed by atoms with Gasteiger partial charge in [0, 0.05) is 24.1 Å². The topological polar surface area (TPSA) is 164 Å². The first kappa shape index (κ1) is 41.5. The van der Waals surface area contributed by atoms with E-state index in [9.17, 15) is 27.9 Å². The van der Waals surface area contributed by atoms with E-state index >= 15 is 0 Å². The minimum absolute atomic E-state index is 0.0348. The Bertz CT molecular complexity index is 2010. The van der Waals surface area contributed by atoms with Crippen molar-refractivity contribution in [2.24, 2.45) is 10.8 Å². The molecular formula is C42H56N4O8S. The van der Waals surface area contributed by atoms with Gasteiger partial charge in [-0.15, -0.1) is 0 Å². The zero-order chi connectivity index (χ0) is 40.4. The first-order chi connectivity index (χ1) is 25.7. The second-order valence-corrected chi connectivity index (χ2v) is 18.7. The van der Waals surface area contributed by atoms with E-state index in [1.54, 1.807) is 51.1 Å². The lowest BCUT2D eigenvalue weighted by Crippen LogP contribution is -2.67. The Morgan fingerprint density at radius 3 is 2.40 bits per heavy atom. The van der Waals surface area contributed by atoms with Crippen LogP contribution in [0.25, 0.3) is 0 Å². The minimum atomic E-state index is -3.92. The van der Waals surface area contributed by atoms with Crippen LogP contribution in [0.15, 0.2) is 65.6 Å². The van der Waals surface area contributed by atoms with Crippen LogP contribution in [0, 0.1) is 10.8 Å². The number of hydrogen-bond donors (Lipinski definition) is 3. The maximum absolute atomic E-state index is 14.2. The smallest absolute Gasteiger partial charge is 0.408 e. The molecule has 3 heterocycles. The number of benzene rings is 2. The van der Waals surface area contributed by atoms with Gasteiger partial charge in [0.1, 0.15) is 23.8 Å². The van der Waals surface area contributed by atoms with Crippen LogP contribution >= 0.6 is 0 Å². The molecule has 0 saturated heterocycles. The summed E-state index contributed by atoms with van der Waals surface area (Å²) in [5, 5.41) is 15.5. The number of carboxylic acids is 1. The summed E-state index contributed by atoms with van der Waals surface area (Å²) in [6.45, 7) is 15.5. The molecule has 2 aliphatic heterocycles. The molecule has 1 aromatic heterocycles. The minimum Gasteiger partial charge on any atom is -0.487 e. The van der Waals surface area contributed by atoms with E-state index in [1.165, 1.54) is 4.31 Å². The number of rotatable bonds is 13. The molecule has 55 heavy (non-hydrogen) atoms. The molecule has 0 bridgehead atoms. The van der Waals surface area contributed by atoms with E-state index in [-0.39, 0.29) is 41.7 Å². The van der Waals surface area contributed by atoms with Crippen molar-refractivity contribution in [1.29, 1.82) is 0 Å². The zero-order valence-corrected chi connectivity index (χ0v) is 34.1. The van der Waals surface area contributed by atoms with Crippen molar-refractivity contribution in [3.05, 3.63) is 83.0 Å². The summed E-state index contributed by atoms with van der Waals surface area (Å²) in [7, 11) is -3.92. The van der Waals surface area contributed by atoms with Crippen molar-refractivity contribution in [1.82, 2.24) is 15.6 Å². The van der Waals surface area contributed by atoms with Crippen molar-refractivity contribution in [2.45, 2.75) is 122 Å². The second kappa shape index (κ2) is 15.8. The van der Waals surface area contributed by atoms with Gasteiger partial charge in [0.2, 0.25) is 5.91 Å². The highest BCUT2D eigenvalue weighted by atomic mass is 32.2. The number of nitrogens with one attached hydrogen (secondary N) is 2. The summed E-state index contributed by atoms with van der Waals surface area (Å²) in [5.41, 5.74) is -0.276. The molecule has 13 heteroatoms. The van der Waals surface area contributed by atoms with Gasteiger partial charge in [0.15, 0.2) is 5.54 Å². The maximum Gasteiger partial charge on any atom is 0.408 e. The number of amides is 2. The van der Waals surface area contributed by atoms with Crippen molar-refractivity contribution < 1.29 is 37.4 Å². The number of pyridine rings is 1. The molecule has 0 aliphatic carbocycles. The van der Waals surface area contributed by atoms with Gasteiger partial charge in [-0.25, -0.2) is 27.3 Å². The summed E-state index contributed by atoms with van der Waals surface area (Å²) in [6.07, 6.45) is 2.21. The van der Waals surface area contributed by atoms with Crippen molar-refractivity contribution in [2.75, 3.05) is 17.4 Å². The number of hydrogen-bond acceptors (Lipinski definition) is 8. The zero-order valence-electron chi connectivity index (χ0n) is 33.3. The number of sulfonamides is 1. The lowest BCUT2D eigenvalue weighted by atomic mass is 9.64. The highest BCUT2D eigenvalue weighted by molar-refractivity contribution is 7.92. The van der Waals surface area contributed by atoms with E-state index in [1.807, 2.05) is 30.3 Å². The average molecular weight is 777 g/mol. The van der Waals surface area contributed by atoms with Gasteiger partial charge < -0.3 is 25.2 Å². The number of fused-ring (bicyclic) bond motifs is 2. The van der Waals surface area contributed by atoms with E-state index < -0.39 is 38.6 Å². The molecular weight excluding hydrogens is 721 g/mol. The Hall–Kier alpha value is -4.65. The third kappa shape index (κ3) is 8.61. The first-order valence-corrected chi connectivity index (χ1v) is 20.5. The molecule has 12 nitrogen and oxygen atoms in total. The number of aliphatic carboxylic acids is 1. The number of aryl methyl sites for hydroxylation is 2. The monoisotopic (exact) mass is 776 g/mol. The molecule has 0 radical (unpaired) electrons. The van der Waals surface area contributed by atoms with Crippen LogP contribution in [-0.2, 0) is 43.8 Å². The van der Waals surface area contributed by atoms with Crippen LogP contribution in [0.3, 0.4) is 0 Å². The van der Waals surface area contributed by atoms with E-state index in [0.29, 0.717) is 49.5 Å². The highest BCUT2D eigenvalue weighted by Gasteiger charge is 2.51. The number of carbonyl (C=O) groups excluding carboxylic acids is 2. The van der Waals surface area contributed by atoms with Gasteiger partial charge in [-0.3, -0.25) is 4.79 Å². The second-order valence-electron chi connectivity index (χ2n) is 16.9. The molecule has 3 N–H and O–H groups in total. The lowest BCUT2D eigenvalue weighted by molar-refractivity contribution is -0.149. The quantitative estimate of drug-likeness (QED) is 0.153. The van der Waals surface area contributed by atoms with Gasteiger partial charge in [-0.2, -0.15) is 0 Å². The number of aromatic nitrogens is 1. The third-order valence-corrected chi connectivity index (χ3v) is 13.7. The summed E-state index contributed by atoms with van der Waals surface area (Å²) >= 11 is 0. The SMILES string of the molecule is CC1c2cc(S(=O)(=O)N3CCCc4ccc(CCCCC(=O)NCC(NC(=O)OCc5ccccc5)(C(=O)O)C(C)(C)C)nc43)ccc2OC(C)(C)C1(C)C. The van der Waals surface area contributed by atoms with Gasteiger partial charge in [-0.1, -0.05) is 77.9 Å². The van der Waals surface area contributed by atoms with Crippen LogP contribution in [0.1, 0.15) is 109 Å². The fourth-order valence-electron chi connectivity index (χ4n) is 7.17. The van der Waals surface area contributed by atoms with Crippen molar-refractivity contribution in [3.63, 3.8) is 0 Å². The normalized spacial score (nSPS) is 18.5. The fourth-order valence-corrected chi connectivity index (χ4v) is 8.70. The molecule has 2 aromatic carbocycles. The molecule has 0 spiro atoms. The van der Waals surface area contributed by atoms with Crippen LogP contribution in [-0.4, -0.2) is 60.7 Å². The first-order valence-electron chi connectivity index (χ1n) is 19.0. The maximum atomic E-state index is 14.2. The van der Waals surface area contributed by atoms with E-state index in [2.05, 4.69) is 45.3 Å². The van der Waals surface area contributed by atoms with E-state index in [0.717, 1.165) is 23.1 Å². The number of anilines is 1. The van der Waals surface area contributed by atoms with Crippen LogP contribution in [0.4, 0.5) is 10.6 Å². The van der Waals surface area contributed by atoms with Crippen molar-refractivity contribution in [3.8, 4) is 5.75 Å². The number of alkyl carbamates (subject to hydrolysis) is 1. The molecule has 3 aromatic rings. The average Bonchev–Trinajstić information content (AvgIpc) is 3.12. The molecule has 5 rings (SSSR count). The standard InChI is InChI=1S/C42H56N4O8S/c1-28-33-25-32(22-23-34(33)54-41(7,8)40(28,5)6)55(51,52)46-24-14-17-30-20-21-31(44-36(30)46)18-12-13-19-35(47)43-27-42(37(48)49,39(2,3)4)45-38(50)53-26-29-15-10-9-11-16-29/h9-11,15-16,20-23,25,28H,12-14,17-19,24,26-27H2,1-8H3,(H,43,47)(H,45,50)(H,48,49). The molecule has 2 atom stereocenters. The predicted octanol–water partition coefficient (Wildman–Crippen LogP) is 7.15. The summed E-state index contributed by atoms with van der Waals surface area (Å²) in [5.74, 6) is -0.454. The van der Waals surface area contributed by atoms with Crippen molar-refractivity contribution >= 4 is 33.8 Å². The predicted molar refractivity (Wildman–Crippen MR) is 211 cm³/mol. The Kier molecular flexibility index (Phi) is 12.0. The van der Waals surface area contributed by atoms with Gasteiger partial charge in [0.05, 0.1) is 11.4 Å². The number of carboxylic acid groups (broad SMARTS) is 1. The van der Waals surface area contributed by atoms with Gasteiger partial charge in [-0.05, 0) is 98.2 Å². The van der Waals surface area contributed by atoms with E-state index in [4.69, 9.17) is 14.5 Å². The molecule has 2 unspecified atom stereocenters. The Morgan fingerprint density at radius 1 is 1.02 bits per heavy atom. The van der Waals surface area contributed by atoms with Crippen LogP contribution in [0.2, 0.25) is 0 Å².